The molecular weight excluding hydrogens is 236 g/mol. The Kier molecular flexibility index (Phi) is 3.77. The fraction of sp³-hybridized carbons (Fsp3) is 0.250. The molecule has 0 radical (unpaired) electrons. The summed E-state index contributed by atoms with van der Waals surface area (Å²) in [5, 5.41) is 6.91. The second kappa shape index (κ2) is 5.87. The average Bonchev–Trinajstić information content (AvgIpc) is 2.49. The van der Waals surface area contributed by atoms with Gasteiger partial charge in [-0.2, -0.15) is 0 Å². The summed E-state index contributed by atoms with van der Waals surface area (Å²) >= 11 is 0. The highest BCUT2D eigenvalue weighted by Crippen LogP contribution is 2.24. The number of benzene rings is 2. The monoisotopic (exact) mass is 254 g/mol. The minimum absolute atomic E-state index is 0.369. The maximum absolute atomic E-state index is 5.86. The first-order valence-electron chi connectivity index (χ1n) is 6.69. The van der Waals surface area contributed by atoms with Crippen molar-refractivity contribution in [1.29, 1.82) is 0 Å². The van der Waals surface area contributed by atoms with Gasteiger partial charge >= 0.3 is 0 Å². The Morgan fingerprint density at radius 1 is 0.895 bits per heavy atom. The number of hydrogen-bond donors (Lipinski definition) is 2. The van der Waals surface area contributed by atoms with Gasteiger partial charge in [-0.25, -0.2) is 0 Å². The van der Waals surface area contributed by atoms with E-state index in [0.29, 0.717) is 6.04 Å². The van der Waals surface area contributed by atoms with Crippen LogP contribution >= 0.6 is 0 Å². The molecule has 3 heteroatoms. The lowest BCUT2D eigenvalue weighted by Gasteiger charge is -2.25. The topological polar surface area (TPSA) is 33.3 Å². The van der Waals surface area contributed by atoms with Crippen LogP contribution in [-0.2, 0) is 0 Å². The number of hydrogen-bond acceptors (Lipinski definition) is 3. The number of para-hydroxylation sites is 1. The van der Waals surface area contributed by atoms with Crippen LogP contribution in [0.5, 0.6) is 11.5 Å². The van der Waals surface area contributed by atoms with Gasteiger partial charge in [-0.15, -0.1) is 0 Å². The molecule has 1 aliphatic heterocycles. The lowest BCUT2D eigenvalue weighted by Crippen LogP contribution is -2.42. The summed E-state index contributed by atoms with van der Waals surface area (Å²) in [6, 6.07) is 18.5. The summed E-state index contributed by atoms with van der Waals surface area (Å²) in [4.78, 5) is 0. The highest BCUT2D eigenvalue weighted by Gasteiger charge is 2.14. The summed E-state index contributed by atoms with van der Waals surface area (Å²) in [7, 11) is 0. The highest BCUT2D eigenvalue weighted by atomic mass is 16.5. The van der Waals surface area contributed by atoms with Crippen LogP contribution in [0, 0.1) is 0 Å². The van der Waals surface area contributed by atoms with Gasteiger partial charge < -0.3 is 15.4 Å². The van der Waals surface area contributed by atoms with Gasteiger partial charge in [-0.05, 0) is 29.8 Å². The zero-order valence-corrected chi connectivity index (χ0v) is 10.8. The minimum Gasteiger partial charge on any atom is -0.457 e. The third kappa shape index (κ3) is 3.13. The first-order chi connectivity index (χ1) is 9.42. The molecule has 0 amide bonds. The van der Waals surface area contributed by atoms with Gasteiger partial charge in [0.15, 0.2) is 0 Å². The van der Waals surface area contributed by atoms with Crippen LogP contribution in [0.25, 0.3) is 0 Å². The first-order valence-corrected chi connectivity index (χ1v) is 6.69. The summed E-state index contributed by atoms with van der Waals surface area (Å²) in [5.74, 6) is 1.76. The van der Waals surface area contributed by atoms with Gasteiger partial charge in [0, 0.05) is 25.7 Å². The van der Waals surface area contributed by atoms with Crippen LogP contribution in [0.1, 0.15) is 11.6 Å². The molecule has 0 saturated carbocycles. The van der Waals surface area contributed by atoms with E-state index in [0.717, 1.165) is 31.1 Å². The molecule has 0 spiro atoms. The van der Waals surface area contributed by atoms with Crippen molar-refractivity contribution in [2.75, 3.05) is 19.6 Å². The van der Waals surface area contributed by atoms with Crippen LogP contribution in [0.4, 0.5) is 0 Å². The van der Waals surface area contributed by atoms with E-state index in [1.54, 1.807) is 0 Å². The molecule has 0 bridgehead atoms. The quantitative estimate of drug-likeness (QED) is 0.883. The molecule has 2 N–H and O–H groups in total. The number of rotatable bonds is 3. The van der Waals surface area contributed by atoms with Crippen LogP contribution in [0.3, 0.4) is 0 Å². The van der Waals surface area contributed by atoms with Crippen LogP contribution < -0.4 is 15.4 Å². The molecule has 1 aliphatic rings. The molecule has 98 valence electrons. The summed E-state index contributed by atoms with van der Waals surface area (Å²) in [6.07, 6.45) is 0. The van der Waals surface area contributed by atoms with Crippen molar-refractivity contribution in [3.05, 3.63) is 60.2 Å². The van der Waals surface area contributed by atoms with Gasteiger partial charge in [-0.1, -0.05) is 30.3 Å². The van der Waals surface area contributed by atoms with E-state index in [9.17, 15) is 0 Å². The fourth-order valence-corrected chi connectivity index (χ4v) is 2.31. The van der Waals surface area contributed by atoms with Crippen LogP contribution in [0.15, 0.2) is 54.6 Å². The Morgan fingerprint density at radius 2 is 1.74 bits per heavy atom. The van der Waals surface area contributed by atoms with Crippen molar-refractivity contribution >= 4 is 0 Å². The number of nitrogens with one attached hydrogen (secondary N) is 2. The molecule has 1 heterocycles. The summed E-state index contributed by atoms with van der Waals surface area (Å²) in [5.41, 5.74) is 1.26. The van der Waals surface area contributed by atoms with Crippen LogP contribution in [-0.4, -0.2) is 19.6 Å². The zero-order valence-electron chi connectivity index (χ0n) is 10.8. The lowest BCUT2D eigenvalue weighted by molar-refractivity contribution is 0.427. The molecule has 3 rings (SSSR count). The normalized spacial score (nSPS) is 19.1. The maximum Gasteiger partial charge on any atom is 0.127 e. The Bertz CT molecular complexity index is 521. The second-order valence-corrected chi connectivity index (χ2v) is 4.70. The van der Waals surface area contributed by atoms with E-state index in [-0.39, 0.29) is 0 Å². The predicted octanol–water partition coefficient (Wildman–Crippen LogP) is 2.71. The third-order valence-corrected chi connectivity index (χ3v) is 3.28. The number of ether oxygens (including phenoxy) is 1. The largest absolute Gasteiger partial charge is 0.457 e. The minimum atomic E-state index is 0.369. The SMILES string of the molecule is c1ccc(Oc2cccc([C@H]3CNCCN3)c2)cc1. The second-order valence-electron chi connectivity index (χ2n) is 4.70. The van der Waals surface area contributed by atoms with Crippen molar-refractivity contribution in [3.63, 3.8) is 0 Å². The predicted molar refractivity (Wildman–Crippen MR) is 76.6 cm³/mol. The van der Waals surface area contributed by atoms with Crippen LogP contribution in [0.2, 0.25) is 0 Å². The first kappa shape index (κ1) is 12.2. The summed E-state index contributed by atoms with van der Waals surface area (Å²) in [6.45, 7) is 3.01. The highest BCUT2D eigenvalue weighted by molar-refractivity contribution is 5.35. The molecule has 0 aromatic heterocycles. The standard InChI is InChI=1S/C16H18N2O/c1-2-6-14(7-3-1)19-15-8-4-5-13(11-15)16-12-17-9-10-18-16/h1-8,11,16-18H,9-10,12H2/t16-/m1/s1. The van der Waals surface area contributed by atoms with Gasteiger partial charge in [0.05, 0.1) is 0 Å². The van der Waals surface area contributed by atoms with Gasteiger partial charge in [0.25, 0.3) is 0 Å². The Morgan fingerprint density at radius 3 is 2.53 bits per heavy atom. The van der Waals surface area contributed by atoms with E-state index in [4.69, 9.17) is 4.74 Å². The Hall–Kier alpha value is -1.84. The summed E-state index contributed by atoms with van der Waals surface area (Å²) < 4.78 is 5.86. The fourth-order valence-electron chi connectivity index (χ4n) is 2.31. The van der Waals surface area contributed by atoms with Crippen molar-refractivity contribution in [2.24, 2.45) is 0 Å². The van der Waals surface area contributed by atoms with Crippen molar-refractivity contribution in [2.45, 2.75) is 6.04 Å². The van der Waals surface area contributed by atoms with E-state index >= 15 is 0 Å². The molecule has 1 saturated heterocycles. The number of piperazine rings is 1. The van der Waals surface area contributed by atoms with E-state index in [1.165, 1.54) is 5.56 Å². The van der Waals surface area contributed by atoms with Crippen molar-refractivity contribution < 1.29 is 4.74 Å². The molecule has 2 aromatic rings. The van der Waals surface area contributed by atoms with E-state index < -0.39 is 0 Å². The molecule has 19 heavy (non-hydrogen) atoms. The Balaban J connectivity index is 1.76. The maximum atomic E-state index is 5.86. The average molecular weight is 254 g/mol. The Labute approximate surface area is 113 Å². The molecule has 3 nitrogen and oxygen atoms in total. The zero-order chi connectivity index (χ0) is 12.9. The molecule has 0 aliphatic carbocycles. The molecule has 0 unspecified atom stereocenters. The van der Waals surface area contributed by atoms with Crippen molar-refractivity contribution in [3.8, 4) is 11.5 Å². The van der Waals surface area contributed by atoms with E-state index in [1.807, 2.05) is 42.5 Å². The molecule has 1 atom stereocenters. The van der Waals surface area contributed by atoms with E-state index in [2.05, 4.69) is 22.8 Å². The van der Waals surface area contributed by atoms with Crippen molar-refractivity contribution in [1.82, 2.24) is 10.6 Å². The lowest BCUT2D eigenvalue weighted by atomic mass is 10.1. The molecule has 1 fully saturated rings. The van der Waals surface area contributed by atoms with Gasteiger partial charge in [-0.3, -0.25) is 0 Å². The van der Waals surface area contributed by atoms with Gasteiger partial charge in [0.1, 0.15) is 11.5 Å². The molecular formula is C16H18N2O. The third-order valence-electron chi connectivity index (χ3n) is 3.28. The smallest absolute Gasteiger partial charge is 0.127 e. The van der Waals surface area contributed by atoms with Gasteiger partial charge in [0.2, 0.25) is 0 Å². The molecule has 2 aromatic carbocycles.